The van der Waals surface area contributed by atoms with Crippen molar-refractivity contribution < 1.29 is 9.63 Å². The van der Waals surface area contributed by atoms with E-state index in [-0.39, 0.29) is 24.8 Å². The van der Waals surface area contributed by atoms with Crippen molar-refractivity contribution in [3.05, 3.63) is 63.6 Å². The predicted octanol–water partition coefficient (Wildman–Crippen LogP) is 3.92. The van der Waals surface area contributed by atoms with Gasteiger partial charge in [-0.15, -0.1) is 0 Å². The number of hydrogen-bond donors (Lipinski definition) is 2. The van der Waals surface area contributed by atoms with Crippen LogP contribution in [0.15, 0.2) is 58.2 Å². The summed E-state index contributed by atoms with van der Waals surface area (Å²) < 4.78 is 0.987. The van der Waals surface area contributed by atoms with Gasteiger partial charge in [0.1, 0.15) is 12.4 Å². The molecule has 0 heterocycles. The van der Waals surface area contributed by atoms with Gasteiger partial charge >= 0.3 is 0 Å². The van der Waals surface area contributed by atoms with Crippen molar-refractivity contribution in [1.29, 1.82) is 0 Å². The van der Waals surface area contributed by atoms with E-state index in [4.69, 9.17) is 22.2 Å². The molecule has 0 saturated heterocycles. The number of amidine groups is 1. The number of carbonyl (C=O) groups excluding carboxylic acids is 1. The number of oxime groups is 1. The number of rotatable bonds is 6. The minimum Gasteiger partial charge on any atom is -0.390 e. The number of halogens is 2. The quantitative estimate of drug-likeness (QED) is 0.441. The third-order valence-electron chi connectivity index (χ3n) is 2.82. The van der Waals surface area contributed by atoms with Gasteiger partial charge in [-0.2, -0.15) is 0 Å². The number of benzene rings is 2. The van der Waals surface area contributed by atoms with E-state index in [1.807, 2.05) is 24.3 Å². The van der Waals surface area contributed by atoms with Crippen LogP contribution < -0.4 is 11.1 Å². The Hall–Kier alpha value is -2.05. The molecule has 0 aromatic heterocycles. The number of amides is 1. The maximum absolute atomic E-state index is 11.9. The summed E-state index contributed by atoms with van der Waals surface area (Å²) in [5.74, 6) is -0.224. The molecule has 3 N–H and O–H groups in total. The molecular weight excluding hydrogens is 382 g/mol. The SMILES string of the molecule is NC(CC(=O)Nc1ccccc1Cl)=NOCc1ccc(Br)cc1. The smallest absolute Gasteiger partial charge is 0.232 e. The van der Waals surface area contributed by atoms with Crippen LogP contribution in [-0.4, -0.2) is 11.7 Å². The molecule has 120 valence electrons. The normalized spacial score (nSPS) is 11.1. The Bertz CT molecular complexity index is 705. The molecule has 2 rings (SSSR count). The van der Waals surface area contributed by atoms with Crippen LogP contribution in [0.2, 0.25) is 5.02 Å². The maximum atomic E-state index is 11.9. The largest absolute Gasteiger partial charge is 0.390 e. The van der Waals surface area contributed by atoms with Gasteiger partial charge in [-0.3, -0.25) is 4.79 Å². The Balaban J connectivity index is 1.81. The molecule has 7 heteroatoms. The molecule has 23 heavy (non-hydrogen) atoms. The first kappa shape index (κ1) is 17.3. The second kappa shape index (κ2) is 8.55. The van der Waals surface area contributed by atoms with Crippen molar-refractivity contribution in [3.63, 3.8) is 0 Å². The van der Waals surface area contributed by atoms with Crippen molar-refractivity contribution in [2.24, 2.45) is 10.9 Å². The van der Waals surface area contributed by atoms with E-state index in [1.165, 1.54) is 0 Å². The molecule has 0 fully saturated rings. The highest BCUT2D eigenvalue weighted by molar-refractivity contribution is 9.10. The summed E-state index contributed by atoms with van der Waals surface area (Å²) >= 11 is 9.32. The van der Waals surface area contributed by atoms with Gasteiger partial charge in [0, 0.05) is 4.47 Å². The molecule has 0 aliphatic carbocycles. The second-order valence-corrected chi connectivity index (χ2v) is 6.01. The summed E-state index contributed by atoms with van der Waals surface area (Å²) in [5, 5.41) is 6.86. The number of hydrogen-bond acceptors (Lipinski definition) is 3. The van der Waals surface area contributed by atoms with Crippen LogP contribution in [0.4, 0.5) is 5.69 Å². The molecule has 0 aliphatic rings. The number of carbonyl (C=O) groups is 1. The molecule has 0 saturated carbocycles. The molecule has 2 aromatic rings. The van der Waals surface area contributed by atoms with Gasteiger partial charge in [0.25, 0.3) is 0 Å². The first-order chi connectivity index (χ1) is 11.0. The average molecular weight is 397 g/mol. The molecule has 1 amide bonds. The third kappa shape index (κ3) is 5.92. The predicted molar refractivity (Wildman–Crippen MR) is 95.3 cm³/mol. The van der Waals surface area contributed by atoms with Crippen LogP contribution in [0.3, 0.4) is 0 Å². The zero-order valence-corrected chi connectivity index (χ0v) is 14.5. The van der Waals surface area contributed by atoms with E-state index < -0.39 is 0 Å². The number of nitrogens with zero attached hydrogens (tertiary/aromatic N) is 1. The first-order valence-corrected chi connectivity index (χ1v) is 7.95. The minimum atomic E-state index is -0.313. The first-order valence-electron chi connectivity index (χ1n) is 6.77. The lowest BCUT2D eigenvalue weighted by atomic mass is 10.2. The molecule has 0 spiro atoms. The molecule has 0 atom stereocenters. The molecular formula is C16H15BrClN3O2. The van der Waals surface area contributed by atoms with Gasteiger partial charge in [0.05, 0.1) is 17.1 Å². The average Bonchev–Trinajstić information content (AvgIpc) is 2.51. The Morgan fingerprint density at radius 2 is 1.91 bits per heavy atom. The molecule has 2 aromatic carbocycles. The maximum Gasteiger partial charge on any atom is 0.232 e. The van der Waals surface area contributed by atoms with E-state index in [2.05, 4.69) is 26.4 Å². The number of nitrogens with one attached hydrogen (secondary N) is 1. The van der Waals surface area contributed by atoms with Crippen LogP contribution in [-0.2, 0) is 16.2 Å². The lowest BCUT2D eigenvalue weighted by Gasteiger charge is -2.06. The molecule has 0 aliphatic heterocycles. The molecule has 5 nitrogen and oxygen atoms in total. The highest BCUT2D eigenvalue weighted by atomic mass is 79.9. The number of anilines is 1. The molecule has 0 radical (unpaired) electrons. The van der Waals surface area contributed by atoms with Crippen LogP contribution in [0.1, 0.15) is 12.0 Å². The Morgan fingerprint density at radius 3 is 2.61 bits per heavy atom. The fraction of sp³-hybridized carbons (Fsp3) is 0.125. The topological polar surface area (TPSA) is 76.7 Å². The van der Waals surface area contributed by atoms with Crippen LogP contribution in [0.25, 0.3) is 0 Å². The molecule has 0 unspecified atom stereocenters. The summed E-state index contributed by atoms with van der Waals surface area (Å²) in [6, 6.07) is 14.6. The van der Waals surface area contributed by atoms with E-state index in [0.717, 1.165) is 10.0 Å². The van der Waals surface area contributed by atoms with E-state index in [9.17, 15) is 4.79 Å². The number of nitrogens with two attached hydrogens (primary N) is 1. The van der Waals surface area contributed by atoms with Crippen LogP contribution in [0, 0.1) is 0 Å². The Labute approximate surface area is 147 Å². The fourth-order valence-corrected chi connectivity index (χ4v) is 2.17. The van der Waals surface area contributed by atoms with Gasteiger partial charge in [0.2, 0.25) is 5.91 Å². The van der Waals surface area contributed by atoms with Gasteiger partial charge < -0.3 is 15.9 Å². The Kier molecular flexibility index (Phi) is 6.43. The summed E-state index contributed by atoms with van der Waals surface area (Å²) in [7, 11) is 0. The third-order valence-corrected chi connectivity index (χ3v) is 3.67. The van der Waals surface area contributed by atoms with Crippen molar-refractivity contribution >= 4 is 45.0 Å². The van der Waals surface area contributed by atoms with E-state index in [0.29, 0.717) is 10.7 Å². The summed E-state index contributed by atoms with van der Waals surface area (Å²) in [6.07, 6.45) is -0.0778. The molecule has 0 bridgehead atoms. The van der Waals surface area contributed by atoms with E-state index >= 15 is 0 Å². The van der Waals surface area contributed by atoms with Crippen molar-refractivity contribution in [2.45, 2.75) is 13.0 Å². The summed E-state index contributed by atoms with van der Waals surface area (Å²) in [5.41, 5.74) is 7.16. The lowest BCUT2D eigenvalue weighted by Crippen LogP contribution is -2.22. The number of para-hydroxylation sites is 1. The van der Waals surface area contributed by atoms with Gasteiger partial charge in [-0.05, 0) is 29.8 Å². The fourth-order valence-electron chi connectivity index (χ4n) is 1.72. The summed E-state index contributed by atoms with van der Waals surface area (Å²) in [6.45, 7) is 0.278. The standard InChI is InChI=1S/C16H15BrClN3O2/c17-12-7-5-11(6-8-12)10-23-21-15(19)9-16(22)20-14-4-2-1-3-13(14)18/h1-8H,9-10H2,(H2,19,21)(H,20,22). The van der Waals surface area contributed by atoms with Crippen molar-refractivity contribution in [3.8, 4) is 0 Å². The van der Waals surface area contributed by atoms with Gasteiger partial charge in [0.15, 0.2) is 0 Å². The second-order valence-electron chi connectivity index (χ2n) is 4.69. The van der Waals surface area contributed by atoms with Gasteiger partial charge in [-0.25, -0.2) is 0 Å². The highest BCUT2D eigenvalue weighted by Crippen LogP contribution is 2.20. The van der Waals surface area contributed by atoms with Crippen molar-refractivity contribution in [2.75, 3.05) is 5.32 Å². The van der Waals surface area contributed by atoms with Gasteiger partial charge in [-0.1, -0.05) is 57.0 Å². The van der Waals surface area contributed by atoms with Crippen LogP contribution >= 0.6 is 27.5 Å². The lowest BCUT2D eigenvalue weighted by molar-refractivity contribution is -0.115. The highest BCUT2D eigenvalue weighted by Gasteiger charge is 2.07. The van der Waals surface area contributed by atoms with E-state index in [1.54, 1.807) is 24.3 Å². The minimum absolute atomic E-state index is 0.0778. The zero-order chi connectivity index (χ0) is 16.7. The van der Waals surface area contributed by atoms with Crippen molar-refractivity contribution in [1.82, 2.24) is 0 Å². The zero-order valence-electron chi connectivity index (χ0n) is 12.1. The Morgan fingerprint density at radius 1 is 1.22 bits per heavy atom. The monoisotopic (exact) mass is 395 g/mol. The summed E-state index contributed by atoms with van der Waals surface area (Å²) in [4.78, 5) is 17.0. The van der Waals surface area contributed by atoms with Crippen LogP contribution in [0.5, 0.6) is 0 Å².